The SMILES string of the molecule is CCCN(CCC)C(=O)CCC(=O)NCc1cccc(C(=O)NC)c1. The fraction of sp³-hybridized carbons (Fsp3) is 0.526. The van der Waals surface area contributed by atoms with E-state index in [9.17, 15) is 14.4 Å². The van der Waals surface area contributed by atoms with Crippen molar-refractivity contribution in [2.24, 2.45) is 0 Å². The minimum Gasteiger partial charge on any atom is -0.355 e. The van der Waals surface area contributed by atoms with Crippen LogP contribution in [0.15, 0.2) is 24.3 Å². The summed E-state index contributed by atoms with van der Waals surface area (Å²) in [4.78, 5) is 37.6. The third-order valence-electron chi connectivity index (χ3n) is 3.81. The summed E-state index contributed by atoms with van der Waals surface area (Å²) in [7, 11) is 1.58. The quantitative estimate of drug-likeness (QED) is 0.680. The molecule has 0 radical (unpaired) electrons. The molecule has 1 aromatic rings. The van der Waals surface area contributed by atoms with Gasteiger partial charge < -0.3 is 15.5 Å². The molecule has 25 heavy (non-hydrogen) atoms. The first-order valence-electron chi connectivity index (χ1n) is 8.87. The third kappa shape index (κ3) is 7.37. The minimum absolute atomic E-state index is 0.0282. The average molecular weight is 347 g/mol. The van der Waals surface area contributed by atoms with Crippen LogP contribution in [-0.4, -0.2) is 42.8 Å². The van der Waals surface area contributed by atoms with Crippen molar-refractivity contribution in [1.29, 1.82) is 0 Å². The van der Waals surface area contributed by atoms with Crippen molar-refractivity contribution in [3.8, 4) is 0 Å². The van der Waals surface area contributed by atoms with Gasteiger partial charge in [-0.1, -0.05) is 26.0 Å². The Morgan fingerprint density at radius 1 is 1.04 bits per heavy atom. The monoisotopic (exact) mass is 347 g/mol. The molecule has 0 heterocycles. The van der Waals surface area contributed by atoms with Gasteiger partial charge in [0.25, 0.3) is 5.91 Å². The van der Waals surface area contributed by atoms with E-state index in [1.54, 1.807) is 25.2 Å². The van der Waals surface area contributed by atoms with Crippen LogP contribution in [0, 0.1) is 0 Å². The Balaban J connectivity index is 2.44. The largest absolute Gasteiger partial charge is 0.355 e. The lowest BCUT2D eigenvalue weighted by Crippen LogP contribution is -2.33. The molecule has 1 aromatic carbocycles. The first-order valence-corrected chi connectivity index (χ1v) is 8.87. The minimum atomic E-state index is -0.161. The molecule has 2 N–H and O–H groups in total. The summed E-state index contributed by atoms with van der Waals surface area (Å²) in [6, 6.07) is 7.10. The molecule has 0 aromatic heterocycles. The Hall–Kier alpha value is -2.37. The second kappa shape index (κ2) is 11.2. The van der Waals surface area contributed by atoms with Gasteiger partial charge in [0.2, 0.25) is 11.8 Å². The molecule has 1 rings (SSSR count). The van der Waals surface area contributed by atoms with Crippen molar-refractivity contribution in [2.75, 3.05) is 20.1 Å². The predicted molar refractivity (Wildman–Crippen MR) is 98.1 cm³/mol. The van der Waals surface area contributed by atoms with Gasteiger partial charge in [-0.2, -0.15) is 0 Å². The van der Waals surface area contributed by atoms with Gasteiger partial charge in [-0.15, -0.1) is 0 Å². The van der Waals surface area contributed by atoms with Crippen LogP contribution in [0.4, 0.5) is 0 Å². The summed E-state index contributed by atoms with van der Waals surface area (Å²) in [5.41, 5.74) is 1.40. The lowest BCUT2D eigenvalue weighted by Gasteiger charge is -2.21. The van der Waals surface area contributed by atoms with Gasteiger partial charge in [-0.25, -0.2) is 0 Å². The molecule has 6 nitrogen and oxygen atoms in total. The molecule has 138 valence electrons. The lowest BCUT2D eigenvalue weighted by atomic mass is 10.1. The number of amides is 3. The molecule has 0 spiro atoms. The van der Waals surface area contributed by atoms with Crippen molar-refractivity contribution in [2.45, 2.75) is 46.1 Å². The Morgan fingerprint density at radius 2 is 1.72 bits per heavy atom. The number of nitrogens with one attached hydrogen (secondary N) is 2. The predicted octanol–water partition coefficient (Wildman–Crippen LogP) is 2.09. The van der Waals surface area contributed by atoms with Crippen molar-refractivity contribution in [1.82, 2.24) is 15.5 Å². The molecule has 0 aliphatic rings. The van der Waals surface area contributed by atoms with Gasteiger partial charge in [0.15, 0.2) is 0 Å². The molecule has 0 saturated heterocycles. The van der Waals surface area contributed by atoms with E-state index in [1.807, 2.05) is 24.8 Å². The number of hydrogen-bond acceptors (Lipinski definition) is 3. The van der Waals surface area contributed by atoms with E-state index in [-0.39, 0.29) is 30.6 Å². The van der Waals surface area contributed by atoms with Crippen molar-refractivity contribution in [3.63, 3.8) is 0 Å². The molecule has 0 aliphatic carbocycles. The number of rotatable bonds is 10. The standard InChI is InChI=1S/C19H29N3O3/c1-4-11-22(12-5-2)18(24)10-9-17(23)21-14-15-7-6-8-16(13-15)19(25)20-3/h6-8,13H,4-5,9-12,14H2,1-3H3,(H,20,25)(H,21,23). The molecule has 0 saturated carbocycles. The van der Waals surface area contributed by atoms with Crippen LogP contribution in [0.2, 0.25) is 0 Å². The van der Waals surface area contributed by atoms with E-state index in [4.69, 9.17) is 0 Å². The maximum atomic E-state index is 12.2. The molecular weight excluding hydrogens is 318 g/mol. The fourth-order valence-corrected chi connectivity index (χ4v) is 2.54. The number of carbonyl (C=O) groups excluding carboxylic acids is 3. The van der Waals surface area contributed by atoms with Gasteiger partial charge in [0, 0.05) is 45.1 Å². The van der Waals surface area contributed by atoms with E-state index in [0.717, 1.165) is 31.5 Å². The summed E-state index contributed by atoms with van der Waals surface area (Å²) in [6.07, 6.45) is 2.24. The van der Waals surface area contributed by atoms with Gasteiger partial charge >= 0.3 is 0 Å². The second-order valence-electron chi connectivity index (χ2n) is 5.94. The molecule has 0 aliphatic heterocycles. The topological polar surface area (TPSA) is 78.5 Å². The highest BCUT2D eigenvalue weighted by Crippen LogP contribution is 2.06. The Kier molecular flexibility index (Phi) is 9.29. The molecule has 0 atom stereocenters. The van der Waals surface area contributed by atoms with E-state index in [0.29, 0.717) is 12.1 Å². The summed E-state index contributed by atoms with van der Waals surface area (Å²) < 4.78 is 0. The van der Waals surface area contributed by atoms with Crippen LogP contribution < -0.4 is 10.6 Å². The number of carbonyl (C=O) groups is 3. The molecular formula is C19H29N3O3. The van der Waals surface area contributed by atoms with Gasteiger partial charge in [0.05, 0.1) is 0 Å². The molecule has 6 heteroatoms. The van der Waals surface area contributed by atoms with Gasteiger partial charge in [0.1, 0.15) is 0 Å². The Bertz CT molecular complexity index is 581. The van der Waals surface area contributed by atoms with Crippen LogP contribution >= 0.6 is 0 Å². The first-order chi connectivity index (χ1) is 12.0. The fourth-order valence-electron chi connectivity index (χ4n) is 2.54. The Labute approximate surface area is 150 Å². The smallest absolute Gasteiger partial charge is 0.251 e. The van der Waals surface area contributed by atoms with E-state index in [1.165, 1.54) is 0 Å². The van der Waals surface area contributed by atoms with Crippen molar-refractivity contribution < 1.29 is 14.4 Å². The highest BCUT2D eigenvalue weighted by molar-refractivity contribution is 5.94. The molecule has 3 amide bonds. The van der Waals surface area contributed by atoms with Crippen molar-refractivity contribution in [3.05, 3.63) is 35.4 Å². The van der Waals surface area contributed by atoms with E-state index in [2.05, 4.69) is 10.6 Å². The zero-order chi connectivity index (χ0) is 18.7. The zero-order valence-corrected chi connectivity index (χ0v) is 15.4. The number of benzene rings is 1. The summed E-state index contributed by atoms with van der Waals surface area (Å²) in [5, 5.41) is 5.37. The van der Waals surface area contributed by atoms with Gasteiger partial charge in [-0.05, 0) is 30.5 Å². The summed E-state index contributed by atoms with van der Waals surface area (Å²) in [5.74, 6) is -0.294. The lowest BCUT2D eigenvalue weighted by molar-refractivity contribution is -0.133. The maximum absolute atomic E-state index is 12.2. The molecule has 0 bridgehead atoms. The first kappa shape index (κ1) is 20.7. The molecule has 0 unspecified atom stereocenters. The Morgan fingerprint density at radius 3 is 2.32 bits per heavy atom. The molecule has 0 fully saturated rings. The highest BCUT2D eigenvalue weighted by atomic mass is 16.2. The van der Waals surface area contributed by atoms with Crippen LogP contribution in [0.25, 0.3) is 0 Å². The number of nitrogens with zero attached hydrogens (tertiary/aromatic N) is 1. The van der Waals surface area contributed by atoms with Gasteiger partial charge in [-0.3, -0.25) is 14.4 Å². The van der Waals surface area contributed by atoms with Crippen LogP contribution in [0.5, 0.6) is 0 Å². The van der Waals surface area contributed by atoms with E-state index < -0.39 is 0 Å². The van der Waals surface area contributed by atoms with Crippen LogP contribution in [0.3, 0.4) is 0 Å². The van der Waals surface area contributed by atoms with E-state index >= 15 is 0 Å². The number of hydrogen-bond donors (Lipinski definition) is 2. The normalized spacial score (nSPS) is 10.2. The highest BCUT2D eigenvalue weighted by Gasteiger charge is 2.13. The average Bonchev–Trinajstić information content (AvgIpc) is 2.63. The summed E-state index contributed by atoms with van der Waals surface area (Å²) in [6.45, 7) is 5.89. The van der Waals surface area contributed by atoms with Crippen LogP contribution in [0.1, 0.15) is 55.5 Å². The second-order valence-corrected chi connectivity index (χ2v) is 5.94. The third-order valence-corrected chi connectivity index (χ3v) is 3.81. The maximum Gasteiger partial charge on any atom is 0.251 e. The summed E-state index contributed by atoms with van der Waals surface area (Å²) >= 11 is 0. The van der Waals surface area contributed by atoms with Crippen molar-refractivity contribution >= 4 is 17.7 Å². The van der Waals surface area contributed by atoms with Crippen LogP contribution in [-0.2, 0) is 16.1 Å². The zero-order valence-electron chi connectivity index (χ0n) is 15.4.